The van der Waals surface area contributed by atoms with E-state index in [1.807, 2.05) is 0 Å². The lowest BCUT2D eigenvalue weighted by atomic mass is 10.0. The quantitative estimate of drug-likeness (QED) is 0.670. The van der Waals surface area contributed by atoms with Crippen LogP contribution in [-0.4, -0.2) is 75.4 Å². The van der Waals surface area contributed by atoms with Gasteiger partial charge in [-0.2, -0.15) is 0 Å². The number of ether oxygens (including phenoxy) is 2. The van der Waals surface area contributed by atoms with E-state index >= 15 is 0 Å². The standard InChI is InChI=1S/C16H22N2O6/c1-18(2)9-13(19)8-17-14(20)10-5-11(15(21)23-3)7-12(6-10)16(22)24-4/h5-7,13,19H,8-9H2,1-4H3,(H,17,20). The van der Waals surface area contributed by atoms with Crippen molar-refractivity contribution < 1.29 is 29.0 Å². The van der Waals surface area contributed by atoms with Gasteiger partial charge in [0, 0.05) is 18.7 Å². The fraction of sp³-hybridized carbons (Fsp3) is 0.438. The molecule has 2 N–H and O–H groups in total. The van der Waals surface area contributed by atoms with Gasteiger partial charge in [0.15, 0.2) is 0 Å². The molecule has 0 saturated heterocycles. The van der Waals surface area contributed by atoms with E-state index in [1.54, 1.807) is 19.0 Å². The van der Waals surface area contributed by atoms with Crippen molar-refractivity contribution in [2.45, 2.75) is 6.10 Å². The van der Waals surface area contributed by atoms with E-state index in [0.717, 1.165) is 0 Å². The van der Waals surface area contributed by atoms with Crippen LogP contribution in [-0.2, 0) is 9.47 Å². The monoisotopic (exact) mass is 338 g/mol. The summed E-state index contributed by atoms with van der Waals surface area (Å²) in [5, 5.41) is 12.3. The maximum absolute atomic E-state index is 12.2. The first-order chi connectivity index (χ1) is 11.3. The van der Waals surface area contributed by atoms with Crippen molar-refractivity contribution in [2.24, 2.45) is 0 Å². The highest BCUT2D eigenvalue weighted by molar-refractivity contribution is 6.02. The van der Waals surface area contributed by atoms with Crippen molar-refractivity contribution >= 4 is 17.8 Å². The van der Waals surface area contributed by atoms with Crippen LogP contribution in [0.2, 0.25) is 0 Å². The average Bonchev–Trinajstić information content (AvgIpc) is 2.56. The first-order valence-electron chi connectivity index (χ1n) is 7.21. The molecule has 24 heavy (non-hydrogen) atoms. The Morgan fingerprint density at radius 2 is 1.50 bits per heavy atom. The molecule has 0 aliphatic rings. The summed E-state index contributed by atoms with van der Waals surface area (Å²) in [7, 11) is 6.00. The highest BCUT2D eigenvalue weighted by Crippen LogP contribution is 2.13. The van der Waals surface area contributed by atoms with E-state index in [1.165, 1.54) is 32.4 Å². The first kappa shape index (κ1) is 19.6. The molecule has 1 rings (SSSR count). The number of aliphatic hydroxyl groups is 1. The third-order valence-corrected chi connectivity index (χ3v) is 3.11. The van der Waals surface area contributed by atoms with Crippen LogP contribution in [0, 0.1) is 0 Å². The summed E-state index contributed by atoms with van der Waals surface area (Å²) >= 11 is 0. The summed E-state index contributed by atoms with van der Waals surface area (Å²) in [6.45, 7) is 0.420. The van der Waals surface area contributed by atoms with Crippen molar-refractivity contribution in [3.05, 3.63) is 34.9 Å². The van der Waals surface area contributed by atoms with Crippen molar-refractivity contribution in [3.63, 3.8) is 0 Å². The van der Waals surface area contributed by atoms with E-state index in [2.05, 4.69) is 14.8 Å². The number of nitrogens with one attached hydrogen (secondary N) is 1. The number of amides is 1. The van der Waals surface area contributed by atoms with Gasteiger partial charge in [-0.15, -0.1) is 0 Å². The Balaban J connectivity index is 2.97. The number of methoxy groups -OCH3 is 2. The van der Waals surface area contributed by atoms with Crippen LogP contribution in [0.4, 0.5) is 0 Å². The molecule has 1 amide bonds. The second-order valence-electron chi connectivity index (χ2n) is 5.41. The summed E-state index contributed by atoms with van der Waals surface area (Å²) in [6.07, 6.45) is -0.743. The number of rotatable bonds is 7. The zero-order chi connectivity index (χ0) is 18.3. The number of nitrogens with zero attached hydrogens (tertiary/aromatic N) is 1. The normalized spacial score (nSPS) is 11.8. The molecule has 8 heteroatoms. The van der Waals surface area contributed by atoms with Crippen LogP contribution < -0.4 is 5.32 Å². The Kier molecular flexibility index (Phi) is 7.34. The van der Waals surface area contributed by atoms with Crippen molar-refractivity contribution in [1.82, 2.24) is 10.2 Å². The summed E-state index contributed by atoms with van der Waals surface area (Å²) < 4.78 is 9.23. The number of hydrogen-bond donors (Lipinski definition) is 2. The van der Waals surface area contributed by atoms with Gasteiger partial charge in [0.2, 0.25) is 0 Å². The third kappa shape index (κ3) is 5.64. The number of esters is 2. The number of benzene rings is 1. The van der Waals surface area contributed by atoms with Crippen molar-refractivity contribution in [3.8, 4) is 0 Å². The van der Waals surface area contributed by atoms with E-state index in [9.17, 15) is 19.5 Å². The van der Waals surface area contributed by atoms with Gasteiger partial charge in [0.25, 0.3) is 5.91 Å². The molecule has 0 aromatic heterocycles. The number of hydrogen-bond acceptors (Lipinski definition) is 7. The smallest absolute Gasteiger partial charge is 0.337 e. The third-order valence-electron chi connectivity index (χ3n) is 3.11. The van der Waals surface area contributed by atoms with Crippen LogP contribution in [0.25, 0.3) is 0 Å². The van der Waals surface area contributed by atoms with Crippen LogP contribution in [0.1, 0.15) is 31.1 Å². The van der Waals surface area contributed by atoms with E-state index < -0.39 is 23.9 Å². The molecule has 1 atom stereocenters. The Morgan fingerprint density at radius 1 is 1.04 bits per heavy atom. The highest BCUT2D eigenvalue weighted by Gasteiger charge is 2.17. The molecule has 0 spiro atoms. The summed E-state index contributed by atoms with van der Waals surface area (Å²) in [4.78, 5) is 37.4. The molecule has 1 aromatic rings. The lowest BCUT2D eigenvalue weighted by Gasteiger charge is -2.16. The van der Waals surface area contributed by atoms with Gasteiger partial charge in [-0.05, 0) is 32.3 Å². The molecule has 0 heterocycles. The molecule has 0 saturated carbocycles. The minimum atomic E-state index is -0.743. The van der Waals surface area contributed by atoms with Gasteiger partial charge in [-0.1, -0.05) is 0 Å². The van der Waals surface area contributed by atoms with Gasteiger partial charge in [0.1, 0.15) is 0 Å². The van der Waals surface area contributed by atoms with Crippen LogP contribution in [0.3, 0.4) is 0 Å². The van der Waals surface area contributed by atoms with Crippen molar-refractivity contribution in [1.29, 1.82) is 0 Å². The number of carbonyl (C=O) groups excluding carboxylic acids is 3. The molecule has 0 aliphatic carbocycles. The van der Waals surface area contributed by atoms with Gasteiger partial charge < -0.3 is 24.8 Å². The Labute approximate surface area is 140 Å². The topological polar surface area (TPSA) is 105 Å². The largest absolute Gasteiger partial charge is 0.465 e. The lowest BCUT2D eigenvalue weighted by molar-refractivity contribution is 0.0599. The number of aliphatic hydroxyl groups excluding tert-OH is 1. The maximum Gasteiger partial charge on any atom is 0.337 e. The fourth-order valence-electron chi connectivity index (χ4n) is 2.03. The molecule has 8 nitrogen and oxygen atoms in total. The van der Waals surface area contributed by atoms with Gasteiger partial charge in [-0.25, -0.2) is 9.59 Å². The number of likely N-dealkylation sites (N-methyl/N-ethyl adjacent to an activating group) is 1. The second-order valence-corrected chi connectivity index (χ2v) is 5.41. The van der Waals surface area contributed by atoms with Gasteiger partial charge >= 0.3 is 11.9 Å². The van der Waals surface area contributed by atoms with Crippen LogP contribution >= 0.6 is 0 Å². The maximum atomic E-state index is 12.2. The van der Waals surface area contributed by atoms with Gasteiger partial charge in [0.05, 0.1) is 31.5 Å². The van der Waals surface area contributed by atoms with Crippen molar-refractivity contribution in [2.75, 3.05) is 41.4 Å². The average molecular weight is 338 g/mol. The Hall–Kier alpha value is -2.45. The predicted molar refractivity (Wildman–Crippen MR) is 86.0 cm³/mol. The molecule has 1 aromatic carbocycles. The molecule has 132 valence electrons. The molecule has 0 radical (unpaired) electrons. The SMILES string of the molecule is COC(=O)c1cc(C(=O)NCC(O)CN(C)C)cc(C(=O)OC)c1. The lowest BCUT2D eigenvalue weighted by Crippen LogP contribution is -2.37. The van der Waals surface area contributed by atoms with Crippen LogP contribution in [0.5, 0.6) is 0 Å². The highest BCUT2D eigenvalue weighted by atomic mass is 16.5. The Bertz CT molecular complexity index is 580. The molecule has 0 fully saturated rings. The first-order valence-corrected chi connectivity index (χ1v) is 7.21. The molecule has 1 unspecified atom stereocenters. The van der Waals surface area contributed by atoms with Crippen LogP contribution in [0.15, 0.2) is 18.2 Å². The Morgan fingerprint density at radius 3 is 1.92 bits per heavy atom. The number of carbonyl (C=O) groups is 3. The summed E-state index contributed by atoms with van der Waals surface area (Å²) in [6, 6.07) is 3.91. The zero-order valence-electron chi connectivity index (χ0n) is 14.2. The van der Waals surface area contributed by atoms with E-state index in [-0.39, 0.29) is 23.2 Å². The summed E-state index contributed by atoms with van der Waals surface area (Å²) in [5.41, 5.74) is 0.203. The van der Waals surface area contributed by atoms with E-state index in [4.69, 9.17) is 0 Å². The minimum Gasteiger partial charge on any atom is -0.465 e. The zero-order valence-corrected chi connectivity index (χ0v) is 14.2. The van der Waals surface area contributed by atoms with E-state index in [0.29, 0.717) is 6.54 Å². The summed E-state index contributed by atoms with van der Waals surface area (Å²) in [5.74, 6) is -1.88. The fourth-order valence-corrected chi connectivity index (χ4v) is 2.03. The molecule has 0 aliphatic heterocycles. The molecule has 0 bridgehead atoms. The molecular weight excluding hydrogens is 316 g/mol. The molecular formula is C16H22N2O6. The minimum absolute atomic E-state index is 0.0347. The second kappa shape index (κ2) is 8.99. The van der Waals surface area contributed by atoms with Gasteiger partial charge in [-0.3, -0.25) is 4.79 Å². The predicted octanol–water partition coefficient (Wildman–Crippen LogP) is -0.0879.